The number of nitrogens with zero attached hydrogens (tertiary/aromatic N) is 4. The summed E-state index contributed by atoms with van der Waals surface area (Å²) in [5.41, 5.74) is 0. The average molecular weight is 536 g/mol. The van der Waals surface area contributed by atoms with E-state index in [-0.39, 0.29) is 4.90 Å². The van der Waals surface area contributed by atoms with Crippen molar-refractivity contribution in [2.75, 3.05) is 45.9 Å². The van der Waals surface area contributed by atoms with Crippen LogP contribution in [0.2, 0.25) is 0 Å². The number of aliphatic hydroxyl groups is 4. The highest BCUT2D eigenvalue weighted by atomic mass is 31.2. The Labute approximate surface area is 197 Å². The fraction of sp³-hybridized carbons (Fsp3) is 0.733. The lowest BCUT2D eigenvalue weighted by molar-refractivity contribution is -0.206. The lowest BCUT2D eigenvalue weighted by Gasteiger charge is -2.42. The molecule has 0 rings (SSSR count). The van der Waals surface area contributed by atoms with Crippen LogP contribution in [0.4, 0.5) is 0 Å². The van der Waals surface area contributed by atoms with Crippen LogP contribution in [0, 0.1) is 0 Å². The average Bonchev–Trinajstić information content (AvgIpc) is 2.69. The Kier molecular flexibility index (Phi) is 14.0. The second-order valence-corrected chi connectivity index (χ2v) is 8.72. The summed E-state index contributed by atoms with van der Waals surface area (Å²) in [5.74, 6) is -8.69. The van der Waals surface area contributed by atoms with Crippen LogP contribution in [0.1, 0.15) is 6.42 Å². The highest BCUT2D eigenvalue weighted by Gasteiger charge is 2.42. The van der Waals surface area contributed by atoms with Crippen molar-refractivity contribution in [2.45, 2.75) is 24.7 Å². The largest absolute Gasteiger partial charge is 0.480 e. The Morgan fingerprint density at radius 1 is 0.686 bits per heavy atom. The first-order valence-electron chi connectivity index (χ1n) is 9.60. The number of aliphatic hydroxyl groups excluding tert-OH is 4. The predicted molar refractivity (Wildman–Crippen MR) is 109 cm³/mol. The minimum atomic E-state index is -5.34. The van der Waals surface area contributed by atoms with Gasteiger partial charge in [-0.05, 0) is 6.42 Å². The Bertz CT molecular complexity index is 701. The third-order valence-electron chi connectivity index (χ3n) is 4.26. The Hall–Kier alpha value is -2.29. The summed E-state index contributed by atoms with van der Waals surface area (Å²) in [7, 11) is -5.34. The van der Waals surface area contributed by atoms with Crippen molar-refractivity contribution in [2.24, 2.45) is 0 Å². The maximum Gasteiger partial charge on any atom is 0.342 e. The molecule has 0 aliphatic carbocycles. The van der Waals surface area contributed by atoms with E-state index >= 15 is 0 Å². The summed E-state index contributed by atoms with van der Waals surface area (Å²) in [6.45, 7) is -7.59. The van der Waals surface area contributed by atoms with E-state index in [1.165, 1.54) is 0 Å². The molecular formula is C15H29N4O15P. The molecule has 35 heavy (non-hydrogen) atoms. The molecule has 0 aliphatic heterocycles. The molecule has 0 aromatic heterocycles. The van der Waals surface area contributed by atoms with Crippen molar-refractivity contribution < 1.29 is 74.4 Å². The molecule has 0 saturated carbocycles. The number of hydrazine groups is 2. The molecule has 10 N–H and O–H groups in total. The van der Waals surface area contributed by atoms with Gasteiger partial charge in [0.1, 0.15) is 44.4 Å². The van der Waals surface area contributed by atoms with E-state index in [9.17, 15) is 54.0 Å². The van der Waals surface area contributed by atoms with E-state index in [0.717, 1.165) is 0 Å². The van der Waals surface area contributed by atoms with Gasteiger partial charge in [0.25, 0.3) is 0 Å². The van der Waals surface area contributed by atoms with E-state index in [1.807, 2.05) is 0 Å². The van der Waals surface area contributed by atoms with Gasteiger partial charge in [0, 0.05) is 6.54 Å². The summed E-state index contributed by atoms with van der Waals surface area (Å²) < 4.78 is 12.1. The maximum atomic E-state index is 12.1. The molecule has 0 heterocycles. The molecule has 0 aliphatic rings. The lowest BCUT2D eigenvalue weighted by atomic mass is 10.3. The molecule has 19 nitrogen and oxygen atoms in total. The van der Waals surface area contributed by atoms with Crippen LogP contribution in [-0.2, 0) is 23.7 Å². The number of rotatable bonds is 19. The SMILES string of the molecule is O=C(O)CN(CC(=O)O)N(CCC(N(C(O)CO)C(O)CO)P(=O)(O)O)N(CC(=O)O)CC(=O)O. The first-order chi connectivity index (χ1) is 16.0. The first kappa shape index (κ1) is 32.7. The normalized spacial score (nSPS) is 14.9. The zero-order valence-electron chi connectivity index (χ0n) is 18.1. The standard InChI is InChI=1S/C15H29N4O15P/c20-7-9(22)19(10(23)8-21)11(35(32,33)34)1-2-18(16(3-12(24)25)4-13(26)27)17(5-14(28)29)6-15(30)31/h9-11,20-23H,1-8H2,(H,24,25)(H,26,27)(H,28,29)(H,30,31)(H2,32,33,34). The van der Waals surface area contributed by atoms with Gasteiger partial charge in [0.15, 0.2) is 0 Å². The molecule has 0 fully saturated rings. The second kappa shape index (κ2) is 15.0. The monoisotopic (exact) mass is 536 g/mol. The fourth-order valence-corrected chi connectivity index (χ4v) is 4.14. The molecule has 204 valence electrons. The van der Waals surface area contributed by atoms with E-state index in [1.54, 1.807) is 0 Å². The summed E-state index contributed by atoms with van der Waals surface area (Å²) >= 11 is 0. The molecule has 0 spiro atoms. The molecule has 0 bridgehead atoms. The van der Waals surface area contributed by atoms with Gasteiger partial charge < -0.3 is 50.6 Å². The number of carbonyl (C=O) groups is 4. The smallest absolute Gasteiger partial charge is 0.342 e. The summed E-state index contributed by atoms with van der Waals surface area (Å²) in [6, 6.07) is 0. The first-order valence-corrected chi connectivity index (χ1v) is 11.3. The number of aliphatic carboxylic acids is 4. The van der Waals surface area contributed by atoms with Crippen molar-refractivity contribution in [3.8, 4) is 0 Å². The fourth-order valence-electron chi connectivity index (χ4n) is 3.03. The second-order valence-electron chi connectivity index (χ2n) is 6.95. The Morgan fingerprint density at radius 2 is 1.00 bits per heavy atom. The van der Waals surface area contributed by atoms with E-state index in [4.69, 9.17) is 20.4 Å². The van der Waals surface area contributed by atoms with Gasteiger partial charge in [0.2, 0.25) is 0 Å². The Balaban J connectivity index is 6.47. The van der Waals surface area contributed by atoms with Crippen LogP contribution in [0.15, 0.2) is 0 Å². The molecule has 20 heteroatoms. The zero-order chi connectivity index (χ0) is 27.5. The zero-order valence-corrected chi connectivity index (χ0v) is 19.0. The van der Waals surface area contributed by atoms with Crippen LogP contribution in [0.25, 0.3) is 0 Å². The predicted octanol–water partition coefficient (Wildman–Crippen LogP) is -5.12. The summed E-state index contributed by atoms with van der Waals surface area (Å²) in [5, 5.41) is 76.3. The molecule has 0 amide bonds. The van der Waals surface area contributed by atoms with Gasteiger partial charge in [-0.25, -0.2) is 14.9 Å². The minimum absolute atomic E-state index is 0.246. The van der Waals surface area contributed by atoms with Crippen molar-refractivity contribution in [3.05, 3.63) is 0 Å². The van der Waals surface area contributed by atoms with Gasteiger partial charge in [0.05, 0.1) is 13.2 Å². The van der Waals surface area contributed by atoms with Gasteiger partial charge >= 0.3 is 31.5 Å². The molecule has 0 saturated heterocycles. The highest BCUT2D eigenvalue weighted by molar-refractivity contribution is 7.52. The quantitative estimate of drug-likeness (QED) is 0.0419. The maximum absolute atomic E-state index is 12.1. The van der Waals surface area contributed by atoms with Crippen molar-refractivity contribution in [1.29, 1.82) is 0 Å². The highest BCUT2D eigenvalue weighted by Crippen LogP contribution is 2.46. The van der Waals surface area contributed by atoms with Crippen LogP contribution in [0.3, 0.4) is 0 Å². The summed E-state index contributed by atoms with van der Waals surface area (Å²) in [6.07, 6.45) is -5.12. The van der Waals surface area contributed by atoms with Crippen LogP contribution >= 0.6 is 7.60 Å². The number of carboxylic acid groups (broad SMARTS) is 4. The van der Waals surface area contributed by atoms with Crippen molar-refractivity contribution in [3.63, 3.8) is 0 Å². The minimum Gasteiger partial charge on any atom is -0.480 e. The van der Waals surface area contributed by atoms with Crippen LogP contribution in [0.5, 0.6) is 0 Å². The van der Waals surface area contributed by atoms with Gasteiger partial charge in [-0.1, -0.05) is 0 Å². The third-order valence-corrected chi connectivity index (χ3v) is 5.56. The molecular weight excluding hydrogens is 507 g/mol. The lowest BCUT2D eigenvalue weighted by Crippen LogP contribution is -2.60. The molecule has 3 unspecified atom stereocenters. The van der Waals surface area contributed by atoms with Crippen molar-refractivity contribution >= 4 is 31.5 Å². The number of hydrogen-bond donors (Lipinski definition) is 10. The van der Waals surface area contributed by atoms with E-state index in [2.05, 4.69) is 0 Å². The molecule has 3 atom stereocenters. The molecule has 0 aromatic carbocycles. The van der Waals surface area contributed by atoms with E-state index < -0.39 is 102 Å². The van der Waals surface area contributed by atoms with Crippen molar-refractivity contribution in [1.82, 2.24) is 20.0 Å². The molecule has 0 aromatic rings. The molecule has 0 radical (unpaired) electrons. The Morgan fingerprint density at radius 3 is 1.23 bits per heavy atom. The van der Waals surface area contributed by atoms with E-state index in [0.29, 0.717) is 15.1 Å². The number of hydrogen-bond acceptors (Lipinski definition) is 13. The third kappa shape index (κ3) is 11.8. The van der Waals surface area contributed by atoms with Gasteiger partial charge in [-0.15, -0.1) is 0 Å². The van der Waals surface area contributed by atoms with Crippen LogP contribution in [-0.4, -0.2) is 159 Å². The van der Waals surface area contributed by atoms with Gasteiger partial charge in [-0.3, -0.25) is 23.7 Å². The topological polar surface area (TPSA) is 301 Å². The number of carboxylic acids is 4. The van der Waals surface area contributed by atoms with Crippen LogP contribution < -0.4 is 0 Å². The summed E-state index contributed by atoms with van der Waals surface area (Å²) in [4.78, 5) is 64.8. The van der Waals surface area contributed by atoms with Gasteiger partial charge in [-0.2, -0.15) is 5.12 Å².